The van der Waals surface area contributed by atoms with Crippen LogP contribution in [0.2, 0.25) is 0 Å². The van der Waals surface area contributed by atoms with E-state index in [9.17, 15) is 4.79 Å². The number of likely N-dealkylation sites (tertiary alicyclic amines) is 1. The van der Waals surface area contributed by atoms with Crippen LogP contribution in [0.3, 0.4) is 0 Å². The monoisotopic (exact) mass is 282 g/mol. The molecular weight excluding hydrogens is 252 g/mol. The van der Waals surface area contributed by atoms with Gasteiger partial charge in [-0.15, -0.1) is 0 Å². The number of rotatable bonds is 8. The lowest BCUT2D eigenvalue weighted by Gasteiger charge is -2.38. The third-order valence-electron chi connectivity index (χ3n) is 4.94. The molecule has 20 heavy (non-hydrogen) atoms. The summed E-state index contributed by atoms with van der Waals surface area (Å²) in [5, 5.41) is 3.55. The summed E-state index contributed by atoms with van der Waals surface area (Å²) in [7, 11) is 1.52. The second-order valence-corrected chi connectivity index (χ2v) is 6.34. The number of nitrogens with one attached hydrogen (secondary N) is 1. The standard InChI is InChI=1S/C16H30N2O2/c1-4-10-17-16(13-8-9-13,15(19)20-3)12-18-11-6-7-14(18)5-2/h13-14,17H,4-12H2,1-3H3. The van der Waals surface area contributed by atoms with E-state index in [4.69, 9.17) is 4.74 Å². The number of ether oxygens (including phenoxy) is 1. The summed E-state index contributed by atoms with van der Waals surface area (Å²) in [5.74, 6) is 0.398. The van der Waals surface area contributed by atoms with Crippen molar-refractivity contribution in [2.45, 2.75) is 64.0 Å². The first kappa shape index (κ1) is 15.8. The van der Waals surface area contributed by atoms with Gasteiger partial charge in [0.2, 0.25) is 0 Å². The zero-order valence-corrected chi connectivity index (χ0v) is 13.3. The van der Waals surface area contributed by atoms with Crippen molar-refractivity contribution < 1.29 is 9.53 Å². The van der Waals surface area contributed by atoms with Crippen LogP contribution in [0.5, 0.6) is 0 Å². The molecular formula is C16H30N2O2. The summed E-state index contributed by atoms with van der Waals surface area (Å²) < 4.78 is 5.17. The van der Waals surface area contributed by atoms with Gasteiger partial charge in [0.1, 0.15) is 5.54 Å². The highest BCUT2D eigenvalue weighted by Gasteiger charge is 2.53. The van der Waals surface area contributed by atoms with E-state index in [0.29, 0.717) is 12.0 Å². The maximum atomic E-state index is 12.5. The SMILES string of the molecule is CCCNC(CN1CCCC1CC)(C(=O)OC)C1CC1. The predicted molar refractivity (Wildman–Crippen MR) is 80.7 cm³/mol. The van der Waals surface area contributed by atoms with Gasteiger partial charge >= 0.3 is 5.97 Å². The highest BCUT2D eigenvalue weighted by molar-refractivity contribution is 5.82. The van der Waals surface area contributed by atoms with Crippen LogP contribution in [0.4, 0.5) is 0 Å². The minimum Gasteiger partial charge on any atom is -0.468 e. The van der Waals surface area contributed by atoms with E-state index in [-0.39, 0.29) is 5.97 Å². The van der Waals surface area contributed by atoms with Crippen LogP contribution in [0.1, 0.15) is 52.4 Å². The van der Waals surface area contributed by atoms with Crippen LogP contribution in [-0.4, -0.2) is 49.2 Å². The smallest absolute Gasteiger partial charge is 0.327 e. The number of nitrogens with zero attached hydrogens (tertiary/aromatic N) is 1. The molecule has 116 valence electrons. The van der Waals surface area contributed by atoms with E-state index in [0.717, 1.165) is 38.9 Å². The van der Waals surface area contributed by atoms with Crippen molar-refractivity contribution in [3.05, 3.63) is 0 Å². The highest BCUT2D eigenvalue weighted by Crippen LogP contribution is 2.42. The number of methoxy groups -OCH3 is 1. The first-order valence-corrected chi connectivity index (χ1v) is 8.25. The molecule has 2 atom stereocenters. The molecule has 0 radical (unpaired) electrons. The van der Waals surface area contributed by atoms with Crippen molar-refractivity contribution in [2.75, 3.05) is 26.7 Å². The van der Waals surface area contributed by atoms with E-state index in [1.54, 1.807) is 0 Å². The average Bonchev–Trinajstić information content (AvgIpc) is 3.23. The van der Waals surface area contributed by atoms with E-state index in [1.165, 1.54) is 26.4 Å². The molecule has 0 aromatic heterocycles. The summed E-state index contributed by atoms with van der Waals surface area (Å²) in [4.78, 5) is 15.0. The Morgan fingerprint density at radius 3 is 2.65 bits per heavy atom. The van der Waals surface area contributed by atoms with Crippen molar-refractivity contribution in [3.8, 4) is 0 Å². The van der Waals surface area contributed by atoms with Crippen LogP contribution in [0.25, 0.3) is 0 Å². The number of carbonyl (C=O) groups excluding carboxylic acids is 1. The molecule has 0 aromatic rings. The number of hydrogen-bond acceptors (Lipinski definition) is 4. The average molecular weight is 282 g/mol. The van der Waals surface area contributed by atoms with Crippen molar-refractivity contribution in [2.24, 2.45) is 5.92 Å². The Hall–Kier alpha value is -0.610. The molecule has 4 nitrogen and oxygen atoms in total. The summed E-state index contributed by atoms with van der Waals surface area (Å²) in [6, 6.07) is 0.640. The van der Waals surface area contributed by atoms with Gasteiger partial charge in [0.15, 0.2) is 0 Å². The molecule has 1 saturated heterocycles. The number of carbonyl (C=O) groups is 1. The van der Waals surface area contributed by atoms with Crippen molar-refractivity contribution >= 4 is 5.97 Å². The first-order valence-electron chi connectivity index (χ1n) is 8.25. The fourth-order valence-corrected chi connectivity index (χ4v) is 3.63. The fourth-order valence-electron chi connectivity index (χ4n) is 3.63. The van der Waals surface area contributed by atoms with Gasteiger partial charge in [-0.2, -0.15) is 0 Å². The Morgan fingerprint density at radius 2 is 2.10 bits per heavy atom. The van der Waals surface area contributed by atoms with Crippen molar-refractivity contribution in [1.29, 1.82) is 0 Å². The third kappa shape index (κ3) is 3.17. The van der Waals surface area contributed by atoms with Gasteiger partial charge in [-0.25, -0.2) is 4.79 Å². The third-order valence-corrected chi connectivity index (χ3v) is 4.94. The minimum absolute atomic E-state index is 0.0600. The van der Waals surface area contributed by atoms with Crippen LogP contribution < -0.4 is 5.32 Å². The van der Waals surface area contributed by atoms with E-state index in [2.05, 4.69) is 24.1 Å². The lowest BCUT2D eigenvalue weighted by atomic mass is 9.91. The lowest BCUT2D eigenvalue weighted by molar-refractivity contribution is -0.151. The molecule has 1 saturated carbocycles. The van der Waals surface area contributed by atoms with Gasteiger partial charge in [0.05, 0.1) is 7.11 Å². The van der Waals surface area contributed by atoms with E-state index < -0.39 is 5.54 Å². The molecule has 1 aliphatic carbocycles. The molecule has 0 aromatic carbocycles. The molecule has 1 N–H and O–H groups in total. The Morgan fingerprint density at radius 1 is 1.35 bits per heavy atom. The van der Waals surface area contributed by atoms with Gasteiger partial charge in [-0.3, -0.25) is 4.90 Å². The minimum atomic E-state index is -0.470. The Balaban J connectivity index is 2.13. The van der Waals surface area contributed by atoms with Gasteiger partial charge < -0.3 is 10.1 Å². The quantitative estimate of drug-likeness (QED) is 0.693. The second kappa shape index (κ2) is 6.90. The van der Waals surface area contributed by atoms with E-state index in [1.807, 2.05) is 0 Å². The molecule has 0 bridgehead atoms. The number of esters is 1. The molecule has 0 spiro atoms. The van der Waals surface area contributed by atoms with Gasteiger partial charge in [-0.1, -0.05) is 13.8 Å². The van der Waals surface area contributed by atoms with Crippen LogP contribution in [0.15, 0.2) is 0 Å². The molecule has 1 heterocycles. The second-order valence-electron chi connectivity index (χ2n) is 6.34. The van der Waals surface area contributed by atoms with Crippen molar-refractivity contribution in [3.63, 3.8) is 0 Å². The zero-order valence-electron chi connectivity index (χ0n) is 13.3. The molecule has 0 amide bonds. The molecule has 2 fully saturated rings. The van der Waals surface area contributed by atoms with E-state index >= 15 is 0 Å². The van der Waals surface area contributed by atoms with Gasteiger partial charge in [-0.05, 0) is 57.5 Å². The van der Waals surface area contributed by atoms with Crippen LogP contribution in [0, 0.1) is 5.92 Å². The van der Waals surface area contributed by atoms with Crippen LogP contribution >= 0.6 is 0 Å². The Bertz CT molecular complexity index is 330. The molecule has 4 heteroatoms. The largest absolute Gasteiger partial charge is 0.468 e. The Labute approximate surface area is 123 Å². The maximum absolute atomic E-state index is 12.5. The van der Waals surface area contributed by atoms with Gasteiger partial charge in [0, 0.05) is 12.6 Å². The molecule has 2 aliphatic rings. The zero-order chi connectivity index (χ0) is 14.6. The fraction of sp³-hybridized carbons (Fsp3) is 0.938. The van der Waals surface area contributed by atoms with Crippen LogP contribution in [-0.2, 0) is 9.53 Å². The summed E-state index contributed by atoms with van der Waals surface area (Å²) in [5.41, 5.74) is -0.470. The molecule has 2 unspecified atom stereocenters. The summed E-state index contributed by atoms with van der Waals surface area (Å²) in [6.07, 6.45) is 7.05. The normalized spacial score (nSPS) is 26.4. The summed E-state index contributed by atoms with van der Waals surface area (Å²) in [6.45, 7) is 7.23. The molecule has 2 rings (SSSR count). The Kier molecular flexibility index (Phi) is 5.44. The topological polar surface area (TPSA) is 41.6 Å². The first-order chi connectivity index (χ1) is 9.67. The van der Waals surface area contributed by atoms with Gasteiger partial charge in [0.25, 0.3) is 0 Å². The molecule has 1 aliphatic heterocycles. The number of hydrogen-bond donors (Lipinski definition) is 1. The predicted octanol–water partition coefficient (Wildman–Crippen LogP) is 2.18. The lowest BCUT2D eigenvalue weighted by Crippen LogP contribution is -2.61. The summed E-state index contributed by atoms with van der Waals surface area (Å²) >= 11 is 0. The highest BCUT2D eigenvalue weighted by atomic mass is 16.5. The maximum Gasteiger partial charge on any atom is 0.327 e. The van der Waals surface area contributed by atoms with Crippen molar-refractivity contribution in [1.82, 2.24) is 10.2 Å².